The highest BCUT2D eigenvalue weighted by Crippen LogP contribution is 2.34. The molecule has 4 nitrogen and oxygen atoms in total. The average Bonchev–Trinajstić information content (AvgIpc) is 2.30. The molecule has 0 fully saturated rings. The Balaban J connectivity index is 2.44. The molecule has 0 atom stereocenters. The van der Waals surface area contributed by atoms with E-state index in [1.54, 1.807) is 12.1 Å². The molecule has 0 unspecified atom stereocenters. The van der Waals surface area contributed by atoms with Gasteiger partial charge in [-0.2, -0.15) is 0 Å². The second-order valence-corrected chi connectivity index (χ2v) is 3.24. The third kappa shape index (κ3) is 1.18. The lowest BCUT2D eigenvalue weighted by molar-refractivity contribution is 0.166. The lowest BCUT2D eigenvalue weighted by atomic mass is 10.2. The Labute approximate surface area is 85.0 Å². The van der Waals surface area contributed by atoms with Crippen molar-refractivity contribution in [2.24, 2.45) is 0 Å². The van der Waals surface area contributed by atoms with Gasteiger partial charge in [0.15, 0.2) is 5.75 Å². The Bertz CT molecular complexity index is 570. The number of fused-ring (bicyclic) bond motifs is 3. The van der Waals surface area contributed by atoms with Crippen LogP contribution in [-0.2, 0) is 0 Å². The van der Waals surface area contributed by atoms with E-state index in [-0.39, 0.29) is 5.75 Å². The van der Waals surface area contributed by atoms with Crippen molar-refractivity contribution in [2.75, 3.05) is 13.2 Å². The smallest absolute Gasteiger partial charge is 0.383 e. The van der Waals surface area contributed by atoms with E-state index in [9.17, 15) is 4.79 Å². The van der Waals surface area contributed by atoms with Gasteiger partial charge < -0.3 is 13.9 Å². The van der Waals surface area contributed by atoms with Crippen molar-refractivity contribution in [3.63, 3.8) is 0 Å². The Kier molecular flexibility index (Phi) is 1.68. The number of para-hydroxylation sites is 1. The molecule has 1 aliphatic heterocycles. The number of hydrogen-bond donors (Lipinski definition) is 0. The van der Waals surface area contributed by atoms with Gasteiger partial charge in [-0.1, -0.05) is 12.1 Å². The molecule has 0 aliphatic carbocycles. The molecule has 1 aromatic heterocycles. The zero-order valence-electron chi connectivity index (χ0n) is 7.86. The highest BCUT2D eigenvalue weighted by molar-refractivity contribution is 5.85. The van der Waals surface area contributed by atoms with Crippen LogP contribution in [0.15, 0.2) is 33.5 Å². The zero-order chi connectivity index (χ0) is 10.3. The van der Waals surface area contributed by atoms with E-state index in [0.717, 1.165) is 5.39 Å². The van der Waals surface area contributed by atoms with Crippen molar-refractivity contribution in [1.29, 1.82) is 0 Å². The average molecular weight is 204 g/mol. The molecule has 0 bridgehead atoms. The van der Waals surface area contributed by atoms with Crippen LogP contribution < -0.4 is 15.1 Å². The lowest BCUT2D eigenvalue weighted by Crippen LogP contribution is -2.20. The van der Waals surface area contributed by atoms with Crippen LogP contribution in [0.2, 0.25) is 0 Å². The normalized spacial score (nSPS) is 14.1. The van der Waals surface area contributed by atoms with Gasteiger partial charge in [0.1, 0.15) is 18.8 Å². The molecule has 4 heteroatoms. The van der Waals surface area contributed by atoms with Crippen LogP contribution in [0.25, 0.3) is 11.0 Å². The molecule has 0 spiro atoms. The molecule has 0 amide bonds. The van der Waals surface area contributed by atoms with Crippen molar-refractivity contribution >= 4 is 11.0 Å². The Morgan fingerprint density at radius 3 is 2.60 bits per heavy atom. The summed E-state index contributed by atoms with van der Waals surface area (Å²) in [5.74, 6) is 0.674. The molecule has 15 heavy (non-hydrogen) atoms. The second kappa shape index (κ2) is 3.02. The molecule has 0 radical (unpaired) electrons. The van der Waals surface area contributed by atoms with Gasteiger partial charge in [0.25, 0.3) is 0 Å². The van der Waals surface area contributed by atoms with Crippen molar-refractivity contribution in [1.82, 2.24) is 0 Å². The maximum atomic E-state index is 11.5. The largest absolute Gasteiger partial charge is 0.485 e. The first kappa shape index (κ1) is 8.35. The van der Waals surface area contributed by atoms with Crippen LogP contribution >= 0.6 is 0 Å². The first-order valence-electron chi connectivity index (χ1n) is 4.68. The quantitative estimate of drug-likeness (QED) is 0.611. The predicted molar refractivity (Wildman–Crippen MR) is 53.5 cm³/mol. The Hall–Kier alpha value is -1.97. The summed E-state index contributed by atoms with van der Waals surface area (Å²) < 4.78 is 15.8. The number of benzene rings is 1. The Morgan fingerprint density at radius 2 is 1.73 bits per heavy atom. The van der Waals surface area contributed by atoms with Gasteiger partial charge in [-0.05, 0) is 12.1 Å². The maximum absolute atomic E-state index is 11.5. The van der Waals surface area contributed by atoms with E-state index < -0.39 is 5.63 Å². The number of hydrogen-bond acceptors (Lipinski definition) is 4. The van der Waals surface area contributed by atoms with E-state index >= 15 is 0 Å². The molecule has 1 aromatic carbocycles. The topological polar surface area (TPSA) is 48.7 Å². The minimum absolute atomic E-state index is 0.181. The van der Waals surface area contributed by atoms with Crippen LogP contribution in [0.3, 0.4) is 0 Å². The van der Waals surface area contributed by atoms with E-state index in [4.69, 9.17) is 13.9 Å². The fourth-order valence-corrected chi connectivity index (χ4v) is 1.66. The van der Waals surface area contributed by atoms with E-state index in [1.165, 1.54) is 0 Å². The number of ether oxygens (including phenoxy) is 2. The summed E-state index contributed by atoms with van der Waals surface area (Å²) in [7, 11) is 0. The van der Waals surface area contributed by atoms with Crippen LogP contribution in [0.1, 0.15) is 0 Å². The van der Waals surface area contributed by atoms with Crippen LogP contribution in [-0.4, -0.2) is 13.2 Å². The van der Waals surface area contributed by atoms with E-state index in [2.05, 4.69) is 0 Å². The van der Waals surface area contributed by atoms with Crippen LogP contribution in [0, 0.1) is 0 Å². The minimum atomic E-state index is -0.483. The van der Waals surface area contributed by atoms with Gasteiger partial charge in [0.2, 0.25) is 5.75 Å². The monoisotopic (exact) mass is 204 g/mol. The first-order chi connectivity index (χ1) is 7.36. The summed E-state index contributed by atoms with van der Waals surface area (Å²) >= 11 is 0. The molecule has 0 saturated carbocycles. The molecule has 0 N–H and O–H groups in total. The van der Waals surface area contributed by atoms with Crippen molar-refractivity contribution in [2.45, 2.75) is 0 Å². The fraction of sp³-hybridized carbons (Fsp3) is 0.182. The summed E-state index contributed by atoms with van der Waals surface area (Å²) in [5.41, 5.74) is 0.0372. The third-order valence-corrected chi connectivity index (χ3v) is 2.30. The Morgan fingerprint density at radius 1 is 1.00 bits per heavy atom. The molecule has 76 valence electrons. The molecule has 1 aliphatic rings. The summed E-state index contributed by atoms with van der Waals surface area (Å²) in [6.07, 6.45) is 0. The maximum Gasteiger partial charge on any atom is 0.383 e. The predicted octanol–water partition coefficient (Wildman–Crippen LogP) is 1.56. The molecule has 2 heterocycles. The van der Waals surface area contributed by atoms with E-state index in [0.29, 0.717) is 24.5 Å². The minimum Gasteiger partial charge on any atom is -0.485 e. The van der Waals surface area contributed by atoms with Gasteiger partial charge in [-0.15, -0.1) is 0 Å². The van der Waals surface area contributed by atoms with Crippen LogP contribution in [0.5, 0.6) is 11.5 Å². The molecular formula is C11H8O4. The standard InChI is InChI=1S/C11H8O4/c12-11-10-9(13-5-6-14-10)7-3-1-2-4-8(7)15-11/h1-4H,5-6H2. The summed E-state index contributed by atoms with van der Waals surface area (Å²) in [6, 6.07) is 7.24. The fourth-order valence-electron chi connectivity index (χ4n) is 1.66. The van der Waals surface area contributed by atoms with Crippen LogP contribution in [0.4, 0.5) is 0 Å². The van der Waals surface area contributed by atoms with Gasteiger partial charge in [-0.25, -0.2) is 4.79 Å². The van der Waals surface area contributed by atoms with E-state index in [1.807, 2.05) is 12.1 Å². The highest BCUT2D eigenvalue weighted by atomic mass is 16.6. The molecule has 0 saturated heterocycles. The molecule has 3 rings (SSSR count). The van der Waals surface area contributed by atoms with Gasteiger partial charge in [0.05, 0.1) is 5.39 Å². The van der Waals surface area contributed by atoms with Gasteiger partial charge >= 0.3 is 5.63 Å². The zero-order valence-corrected chi connectivity index (χ0v) is 7.86. The van der Waals surface area contributed by atoms with Gasteiger partial charge in [0, 0.05) is 0 Å². The van der Waals surface area contributed by atoms with Crippen molar-refractivity contribution < 1.29 is 13.9 Å². The SMILES string of the molecule is O=c1oc2ccccc2c2c1OCCO2. The molecule has 2 aromatic rings. The second-order valence-electron chi connectivity index (χ2n) is 3.24. The summed E-state index contributed by atoms with van der Waals surface area (Å²) in [4.78, 5) is 11.5. The van der Waals surface area contributed by atoms with Crippen molar-refractivity contribution in [3.8, 4) is 11.5 Å². The summed E-state index contributed by atoms with van der Waals surface area (Å²) in [6.45, 7) is 0.844. The molecular weight excluding hydrogens is 196 g/mol. The van der Waals surface area contributed by atoms with Crippen molar-refractivity contribution in [3.05, 3.63) is 34.7 Å². The highest BCUT2D eigenvalue weighted by Gasteiger charge is 2.20. The number of rotatable bonds is 0. The third-order valence-electron chi connectivity index (χ3n) is 2.30. The first-order valence-corrected chi connectivity index (χ1v) is 4.68. The lowest BCUT2D eigenvalue weighted by Gasteiger charge is -2.17. The summed E-state index contributed by atoms with van der Waals surface area (Å²) in [5, 5.41) is 0.770. The van der Waals surface area contributed by atoms with Gasteiger partial charge in [-0.3, -0.25) is 0 Å².